The molecule has 8 heteroatoms. The van der Waals surface area contributed by atoms with E-state index in [1.807, 2.05) is 0 Å². The molecule has 1 aliphatic rings. The van der Waals surface area contributed by atoms with E-state index in [-0.39, 0.29) is 16.6 Å². The first-order valence-electron chi connectivity index (χ1n) is 5.92. The number of nitrogen functional groups attached to an aromatic ring is 1. The Kier molecular flexibility index (Phi) is 3.72. The molecule has 0 bridgehead atoms. The Morgan fingerprint density at radius 1 is 1.58 bits per heavy atom. The number of hydrogen-bond donors (Lipinski definition) is 2. The van der Waals surface area contributed by atoms with Crippen molar-refractivity contribution in [3.63, 3.8) is 0 Å². The summed E-state index contributed by atoms with van der Waals surface area (Å²) in [5.74, 6) is -0.353. The smallest absolute Gasteiger partial charge is 0.247 e. The summed E-state index contributed by atoms with van der Waals surface area (Å²) >= 11 is 0. The van der Waals surface area contributed by atoms with Crippen molar-refractivity contribution in [3.8, 4) is 0 Å². The molecule has 3 N–H and O–H groups in total. The zero-order chi connectivity index (χ0) is 14.0. The van der Waals surface area contributed by atoms with Crippen molar-refractivity contribution in [2.24, 2.45) is 0 Å². The van der Waals surface area contributed by atoms with Crippen LogP contribution in [0.5, 0.6) is 0 Å². The van der Waals surface area contributed by atoms with Crippen LogP contribution in [-0.4, -0.2) is 43.2 Å². The second kappa shape index (κ2) is 5.14. The molecule has 1 unspecified atom stereocenters. The summed E-state index contributed by atoms with van der Waals surface area (Å²) in [6.07, 6.45) is 2.59. The van der Waals surface area contributed by atoms with E-state index in [4.69, 9.17) is 5.73 Å². The quantitative estimate of drug-likeness (QED) is 0.783. The molecule has 0 aliphatic carbocycles. The summed E-state index contributed by atoms with van der Waals surface area (Å²) in [7, 11) is -2.30. The highest BCUT2D eigenvalue weighted by molar-refractivity contribution is 7.89. The molecule has 1 amide bonds. The van der Waals surface area contributed by atoms with Crippen LogP contribution in [0.1, 0.15) is 12.8 Å². The number of rotatable bonds is 3. The van der Waals surface area contributed by atoms with Gasteiger partial charge in [0.05, 0.1) is 0 Å². The van der Waals surface area contributed by atoms with Crippen LogP contribution in [0.25, 0.3) is 0 Å². The van der Waals surface area contributed by atoms with Gasteiger partial charge in [-0.3, -0.25) is 4.79 Å². The lowest BCUT2D eigenvalue weighted by atomic mass is 10.2. The van der Waals surface area contributed by atoms with E-state index in [2.05, 4.69) is 10.3 Å². The summed E-state index contributed by atoms with van der Waals surface area (Å²) < 4.78 is 26.2. The molecule has 7 nitrogen and oxygen atoms in total. The minimum Gasteiger partial charge on any atom is -0.383 e. The lowest BCUT2D eigenvalue weighted by Crippen LogP contribution is -2.44. The number of anilines is 1. The van der Waals surface area contributed by atoms with Crippen LogP contribution >= 0.6 is 0 Å². The highest BCUT2D eigenvalue weighted by atomic mass is 32.2. The van der Waals surface area contributed by atoms with Gasteiger partial charge >= 0.3 is 0 Å². The lowest BCUT2D eigenvalue weighted by Gasteiger charge is -2.23. The van der Waals surface area contributed by atoms with Crippen molar-refractivity contribution in [1.82, 2.24) is 14.6 Å². The Bertz CT molecular complexity index is 587. The number of nitrogens with zero attached hydrogens (tertiary/aromatic N) is 2. The van der Waals surface area contributed by atoms with Crippen molar-refractivity contribution in [2.75, 3.05) is 19.3 Å². The molecule has 1 aromatic heterocycles. The summed E-state index contributed by atoms with van der Waals surface area (Å²) in [5, 5.41) is 2.48. The van der Waals surface area contributed by atoms with Gasteiger partial charge in [0, 0.05) is 19.8 Å². The molecule has 104 valence electrons. The third-order valence-electron chi connectivity index (χ3n) is 3.14. The molecule has 0 spiro atoms. The van der Waals surface area contributed by atoms with Gasteiger partial charge in [0.25, 0.3) is 0 Å². The first kappa shape index (κ1) is 13.8. The highest BCUT2D eigenvalue weighted by Crippen LogP contribution is 2.28. The van der Waals surface area contributed by atoms with E-state index < -0.39 is 16.1 Å². The number of sulfonamides is 1. The van der Waals surface area contributed by atoms with Crippen LogP contribution < -0.4 is 11.1 Å². The Balaban J connectivity index is 2.40. The van der Waals surface area contributed by atoms with Gasteiger partial charge in [0.1, 0.15) is 16.8 Å². The second-order valence-corrected chi connectivity index (χ2v) is 6.13. The molecular formula is C11H16N4O3S. The number of carbonyl (C=O) groups is 1. The standard InChI is InChI=1S/C11H16N4O3S/c1-13-11(16)8-4-3-7-15(8)19(17,18)9-5-2-6-14-10(9)12/h2,5-6,8H,3-4,7H2,1H3,(H2,12,14)(H,13,16). The van der Waals surface area contributed by atoms with Gasteiger partial charge in [-0.2, -0.15) is 4.31 Å². The summed E-state index contributed by atoms with van der Waals surface area (Å²) in [6.45, 7) is 0.314. The maximum Gasteiger partial charge on any atom is 0.247 e. The fourth-order valence-corrected chi connectivity index (χ4v) is 3.93. The van der Waals surface area contributed by atoms with Crippen LogP contribution in [0.3, 0.4) is 0 Å². The number of carbonyl (C=O) groups excluding carboxylic acids is 1. The minimum absolute atomic E-state index is 0.0502. The molecule has 2 heterocycles. The molecule has 0 aromatic carbocycles. The van der Waals surface area contributed by atoms with Gasteiger partial charge in [-0.1, -0.05) is 0 Å². The molecular weight excluding hydrogens is 268 g/mol. The summed E-state index contributed by atoms with van der Waals surface area (Å²) in [6, 6.07) is 2.24. The topological polar surface area (TPSA) is 105 Å². The maximum atomic E-state index is 12.5. The van der Waals surface area contributed by atoms with Gasteiger partial charge in [0.15, 0.2) is 0 Å². The zero-order valence-electron chi connectivity index (χ0n) is 10.5. The molecule has 1 saturated heterocycles. The molecule has 19 heavy (non-hydrogen) atoms. The van der Waals surface area contributed by atoms with E-state index in [9.17, 15) is 13.2 Å². The number of pyridine rings is 1. The van der Waals surface area contributed by atoms with E-state index in [1.54, 1.807) is 0 Å². The van der Waals surface area contributed by atoms with Gasteiger partial charge in [-0.05, 0) is 25.0 Å². The molecule has 2 rings (SSSR count). The van der Waals surface area contributed by atoms with E-state index in [0.29, 0.717) is 19.4 Å². The normalized spacial score (nSPS) is 20.4. The van der Waals surface area contributed by atoms with Crippen molar-refractivity contribution < 1.29 is 13.2 Å². The predicted molar refractivity (Wildman–Crippen MR) is 69.6 cm³/mol. The predicted octanol–water partition coefficient (Wildman–Crippen LogP) is -0.437. The van der Waals surface area contributed by atoms with Crippen molar-refractivity contribution >= 4 is 21.7 Å². The van der Waals surface area contributed by atoms with Crippen LogP contribution in [0, 0.1) is 0 Å². The van der Waals surface area contributed by atoms with E-state index in [0.717, 1.165) is 0 Å². The van der Waals surface area contributed by atoms with Crippen LogP contribution in [-0.2, 0) is 14.8 Å². The van der Waals surface area contributed by atoms with Crippen LogP contribution in [0.2, 0.25) is 0 Å². The Morgan fingerprint density at radius 3 is 2.95 bits per heavy atom. The molecule has 0 radical (unpaired) electrons. The highest BCUT2D eigenvalue weighted by Gasteiger charge is 2.39. The van der Waals surface area contributed by atoms with E-state index >= 15 is 0 Å². The first-order chi connectivity index (χ1) is 8.98. The van der Waals surface area contributed by atoms with E-state index in [1.165, 1.54) is 29.7 Å². The lowest BCUT2D eigenvalue weighted by molar-refractivity contribution is -0.123. The minimum atomic E-state index is -3.79. The van der Waals surface area contributed by atoms with Crippen molar-refractivity contribution in [2.45, 2.75) is 23.8 Å². The monoisotopic (exact) mass is 284 g/mol. The number of hydrogen-bond acceptors (Lipinski definition) is 5. The largest absolute Gasteiger partial charge is 0.383 e. The average molecular weight is 284 g/mol. The maximum absolute atomic E-state index is 12.5. The molecule has 1 aromatic rings. The molecule has 1 fully saturated rings. The van der Waals surface area contributed by atoms with Crippen LogP contribution in [0.15, 0.2) is 23.2 Å². The van der Waals surface area contributed by atoms with Crippen LogP contribution in [0.4, 0.5) is 5.82 Å². The van der Waals surface area contributed by atoms with Gasteiger partial charge in [0.2, 0.25) is 15.9 Å². The number of amides is 1. The fourth-order valence-electron chi connectivity index (χ4n) is 2.20. The molecule has 1 aliphatic heterocycles. The number of nitrogens with one attached hydrogen (secondary N) is 1. The zero-order valence-corrected chi connectivity index (χ0v) is 11.4. The Labute approximate surface area is 111 Å². The average Bonchev–Trinajstić information content (AvgIpc) is 2.88. The third kappa shape index (κ3) is 2.41. The Morgan fingerprint density at radius 2 is 2.32 bits per heavy atom. The first-order valence-corrected chi connectivity index (χ1v) is 7.36. The molecule has 0 saturated carbocycles. The number of nitrogens with two attached hydrogens (primary N) is 1. The third-order valence-corrected chi connectivity index (χ3v) is 5.09. The van der Waals surface area contributed by atoms with Gasteiger partial charge in [-0.25, -0.2) is 13.4 Å². The summed E-state index contributed by atoms with van der Waals surface area (Å²) in [4.78, 5) is 15.5. The van der Waals surface area contributed by atoms with Gasteiger partial charge < -0.3 is 11.1 Å². The van der Waals surface area contributed by atoms with Crippen molar-refractivity contribution in [1.29, 1.82) is 0 Å². The number of likely N-dealkylation sites (N-methyl/N-ethyl adjacent to an activating group) is 1. The SMILES string of the molecule is CNC(=O)C1CCCN1S(=O)(=O)c1cccnc1N. The second-order valence-electron chi connectivity index (χ2n) is 4.27. The van der Waals surface area contributed by atoms with Gasteiger partial charge in [-0.15, -0.1) is 0 Å². The fraction of sp³-hybridized carbons (Fsp3) is 0.455. The number of aromatic nitrogens is 1. The Hall–Kier alpha value is -1.67. The summed E-state index contributed by atoms with van der Waals surface area (Å²) in [5.41, 5.74) is 5.61. The van der Waals surface area contributed by atoms with Crippen molar-refractivity contribution in [3.05, 3.63) is 18.3 Å². The molecule has 1 atom stereocenters.